The van der Waals surface area contributed by atoms with Gasteiger partial charge in [0.1, 0.15) is 11.5 Å². The number of aromatic carboxylic acids is 1. The number of benzene rings is 3. The Balaban J connectivity index is 1.62. The van der Waals surface area contributed by atoms with Crippen LogP contribution in [0.15, 0.2) is 54.6 Å². The maximum Gasteiger partial charge on any atom is 0.573 e. The van der Waals surface area contributed by atoms with Gasteiger partial charge >= 0.3 is 12.3 Å². The minimum absolute atomic E-state index is 0.113. The summed E-state index contributed by atoms with van der Waals surface area (Å²) >= 11 is 6.36. The Kier molecular flexibility index (Phi) is 5.43. The van der Waals surface area contributed by atoms with Crippen molar-refractivity contribution in [1.29, 1.82) is 0 Å². The number of imidazole rings is 1. The number of carbonyl (C=O) groups is 1. The fourth-order valence-corrected chi connectivity index (χ4v) is 3.39. The van der Waals surface area contributed by atoms with Crippen molar-refractivity contribution in [3.05, 3.63) is 70.7 Å². The minimum atomic E-state index is -4.77. The van der Waals surface area contributed by atoms with Gasteiger partial charge in [0.2, 0.25) is 0 Å². The number of hydrogen-bond acceptors (Lipinski definition) is 4. The summed E-state index contributed by atoms with van der Waals surface area (Å²) in [7, 11) is 0. The van der Waals surface area contributed by atoms with Crippen LogP contribution in [0.5, 0.6) is 17.5 Å². The van der Waals surface area contributed by atoms with Gasteiger partial charge in [-0.3, -0.25) is 0 Å². The third-order valence-electron chi connectivity index (χ3n) is 4.60. The summed E-state index contributed by atoms with van der Waals surface area (Å²) in [6, 6.07) is 13.4. The first-order valence-electron chi connectivity index (χ1n) is 9.16. The van der Waals surface area contributed by atoms with Crippen LogP contribution < -0.4 is 9.47 Å². The summed E-state index contributed by atoms with van der Waals surface area (Å²) in [6.45, 7) is 1.68. The molecule has 0 amide bonds. The molecule has 0 fully saturated rings. The first kappa shape index (κ1) is 21.5. The van der Waals surface area contributed by atoms with E-state index in [1.165, 1.54) is 30.3 Å². The molecule has 0 radical (unpaired) electrons. The van der Waals surface area contributed by atoms with E-state index in [4.69, 9.17) is 16.3 Å². The van der Waals surface area contributed by atoms with Crippen LogP contribution in [0.25, 0.3) is 22.2 Å². The molecule has 2 N–H and O–H groups in total. The molecule has 0 aliphatic heterocycles. The summed E-state index contributed by atoms with van der Waals surface area (Å²) in [4.78, 5) is 18.6. The third-order valence-corrected chi connectivity index (χ3v) is 4.91. The van der Waals surface area contributed by atoms with Crippen molar-refractivity contribution in [2.45, 2.75) is 13.3 Å². The highest BCUT2D eigenvalue weighted by Gasteiger charge is 2.31. The number of alkyl halides is 3. The second-order valence-corrected chi connectivity index (χ2v) is 7.25. The molecule has 164 valence electrons. The fourth-order valence-electron chi connectivity index (χ4n) is 3.12. The third kappa shape index (κ3) is 4.62. The zero-order valence-electron chi connectivity index (χ0n) is 16.3. The molecule has 0 aliphatic rings. The Morgan fingerprint density at radius 3 is 2.41 bits per heavy atom. The first-order chi connectivity index (χ1) is 15.1. The molecule has 1 aromatic heterocycles. The molecule has 4 aromatic rings. The molecule has 0 bridgehead atoms. The number of nitrogens with one attached hydrogen (secondary N) is 1. The number of carboxylic acid groups (broad SMARTS) is 1. The van der Waals surface area contributed by atoms with Crippen molar-refractivity contribution in [2.24, 2.45) is 0 Å². The van der Waals surface area contributed by atoms with Gasteiger partial charge in [0.05, 0.1) is 21.6 Å². The molecule has 0 spiro atoms. The number of nitrogens with zero attached hydrogens (tertiary/aromatic N) is 1. The van der Waals surface area contributed by atoms with Gasteiger partial charge in [-0.1, -0.05) is 29.8 Å². The zero-order chi connectivity index (χ0) is 23.0. The summed E-state index contributed by atoms with van der Waals surface area (Å²) in [5.41, 5.74) is 2.90. The summed E-state index contributed by atoms with van der Waals surface area (Å²) in [6.07, 6.45) is -4.77. The number of fused-ring (bicyclic) bond motifs is 1. The molecule has 0 saturated carbocycles. The van der Waals surface area contributed by atoms with E-state index in [0.717, 1.165) is 0 Å². The number of aromatic nitrogens is 2. The zero-order valence-corrected chi connectivity index (χ0v) is 17.1. The van der Waals surface area contributed by atoms with E-state index in [1.54, 1.807) is 31.2 Å². The Morgan fingerprint density at radius 2 is 1.75 bits per heavy atom. The fraction of sp³-hybridized carbons (Fsp3) is 0.0909. The van der Waals surface area contributed by atoms with Crippen LogP contribution in [-0.4, -0.2) is 27.4 Å². The average molecular weight is 463 g/mol. The van der Waals surface area contributed by atoms with Crippen LogP contribution in [0.3, 0.4) is 0 Å². The minimum Gasteiger partial charge on any atom is -0.478 e. The Morgan fingerprint density at radius 1 is 1.06 bits per heavy atom. The largest absolute Gasteiger partial charge is 0.573 e. The Hall–Kier alpha value is -3.72. The van der Waals surface area contributed by atoms with Gasteiger partial charge in [-0.05, 0) is 54.4 Å². The highest BCUT2D eigenvalue weighted by Crippen LogP contribution is 2.34. The van der Waals surface area contributed by atoms with Crippen LogP contribution in [0.1, 0.15) is 15.9 Å². The van der Waals surface area contributed by atoms with Crippen LogP contribution in [0, 0.1) is 6.92 Å². The van der Waals surface area contributed by atoms with Crippen molar-refractivity contribution < 1.29 is 32.5 Å². The van der Waals surface area contributed by atoms with Crippen LogP contribution in [-0.2, 0) is 0 Å². The van der Waals surface area contributed by atoms with E-state index in [-0.39, 0.29) is 17.3 Å². The molecule has 32 heavy (non-hydrogen) atoms. The van der Waals surface area contributed by atoms with E-state index in [9.17, 15) is 23.1 Å². The summed E-state index contributed by atoms with van der Waals surface area (Å²) in [5.74, 6) is -1.12. The second-order valence-electron chi connectivity index (χ2n) is 6.85. The molecule has 0 saturated heterocycles. The number of aromatic amines is 1. The van der Waals surface area contributed by atoms with Gasteiger partial charge in [0, 0.05) is 5.56 Å². The van der Waals surface area contributed by atoms with Crippen molar-refractivity contribution in [1.82, 2.24) is 9.97 Å². The maximum absolute atomic E-state index is 12.3. The molecule has 4 rings (SSSR count). The quantitative estimate of drug-likeness (QED) is 0.350. The number of rotatable bonds is 5. The van der Waals surface area contributed by atoms with Crippen molar-refractivity contribution >= 4 is 28.6 Å². The van der Waals surface area contributed by atoms with E-state index in [2.05, 4.69) is 14.7 Å². The molecule has 3 aromatic carbocycles. The number of H-pyrrole nitrogens is 1. The number of halogens is 4. The first-order valence-corrected chi connectivity index (χ1v) is 9.54. The van der Waals surface area contributed by atoms with Crippen LogP contribution in [0.4, 0.5) is 13.2 Å². The predicted molar refractivity (Wildman–Crippen MR) is 111 cm³/mol. The van der Waals surface area contributed by atoms with Gasteiger partial charge in [-0.15, -0.1) is 13.2 Å². The van der Waals surface area contributed by atoms with Gasteiger partial charge in [0.25, 0.3) is 6.01 Å². The lowest BCUT2D eigenvalue weighted by Crippen LogP contribution is -2.16. The lowest BCUT2D eigenvalue weighted by atomic mass is 10.0. The number of hydrogen-bond donors (Lipinski definition) is 2. The lowest BCUT2D eigenvalue weighted by Gasteiger charge is -2.10. The molecular weight excluding hydrogens is 449 g/mol. The lowest BCUT2D eigenvalue weighted by molar-refractivity contribution is -0.274. The molecule has 1 heterocycles. The van der Waals surface area contributed by atoms with E-state index in [1.807, 2.05) is 0 Å². The number of aryl methyl sites for hydroxylation is 1. The molecule has 6 nitrogen and oxygen atoms in total. The van der Waals surface area contributed by atoms with E-state index < -0.39 is 12.3 Å². The topological polar surface area (TPSA) is 84.4 Å². The SMILES string of the molecule is Cc1ccc(Oc2nc3cc(-c4ccc(OC(F)(F)F)cc4)c(Cl)cc3[nH]2)cc1C(=O)O. The highest BCUT2D eigenvalue weighted by atomic mass is 35.5. The molecule has 0 aliphatic carbocycles. The Labute approximate surface area is 184 Å². The molecular formula is C22H14ClF3N2O4. The van der Waals surface area contributed by atoms with Gasteiger partial charge in [-0.25, -0.2) is 4.79 Å². The van der Waals surface area contributed by atoms with Gasteiger partial charge in [-0.2, -0.15) is 4.98 Å². The smallest absolute Gasteiger partial charge is 0.478 e. The standard InChI is InChI=1S/C22H14ClF3N2O4/c1-11-2-5-14(8-15(11)20(29)30)31-21-27-18-9-16(17(23)10-19(18)28-21)12-3-6-13(7-4-12)32-22(24,25)26/h2-10H,1H3,(H,27,28)(H,29,30). The Bertz CT molecular complexity index is 1320. The van der Waals surface area contributed by atoms with Crippen molar-refractivity contribution in [3.63, 3.8) is 0 Å². The van der Waals surface area contributed by atoms with Crippen molar-refractivity contribution in [2.75, 3.05) is 0 Å². The van der Waals surface area contributed by atoms with Gasteiger partial charge < -0.3 is 19.6 Å². The predicted octanol–water partition coefficient (Wildman–Crippen LogP) is 6.58. The van der Waals surface area contributed by atoms with Crippen molar-refractivity contribution in [3.8, 4) is 28.6 Å². The number of ether oxygens (including phenoxy) is 2. The second kappa shape index (κ2) is 8.08. The maximum atomic E-state index is 12.3. The monoisotopic (exact) mass is 462 g/mol. The van der Waals surface area contributed by atoms with Crippen LogP contribution in [0.2, 0.25) is 5.02 Å². The summed E-state index contributed by atoms with van der Waals surface area (Å²) < 4.78 is 46.6. The highest BCUT2D eigenvalue weighted by molar-refractivity contribution is 6.34. The molecule has 0 atom stereocenters. The normalized spacial score (nSPS) is 11.5. The van der Waals surface area contributed by atoms with E-state index in [0.29, 0.717) is 38.5 Å². The number of carboxylic acids is 1. The van der Waals surface area contributed by atoms with E-state index >= 15 is 0 Å². The van der Waals surface area contributed by atoms with Crippen LogP contribution >= 0.6 is 11.6 Å². The van der Waals surface area contributed by atoms with Gasteiger partial charge in [0.15, 0.2) is 0 Å². The molecule has 0 unspecified atom stereocenters. The molecule has 10 heteroatoms. The summed E-state index contributed by atoms with van der Waals surface area (Å²) in [5, 5.41) is 9.60. The average Bonchev–Trinajstić information content (AvgIpc) is 3.09.